The van der Waals surface area contributed by atoms with Crippen LogP contribution >= 0.6 is 0 Å². The van der Waals surface area contributed by atoms with Crippen molar-refractivity contribution in [3.63, 3.8) is 0 Å². The Hall–Kier alpha value is -3.60. The molecule has 31 heavy (non-hydrogen) atoms. The average Bonchev–Trinajstić information content (AvgIpc) is 3.47. The molecule has 0 fully saturated rings. The molecule has 5 rings (SSSR count). The Morgan fingerprint density at radius 2 is 1.77 bits per heavy atom. The highest BCUT2D eigenvalue weighted by Crippen LogP contribution is 2.32. The molecule has 0 saturated carbocycles. The number of aryl methyl sites for hydroxylation is 1. The van der Waals surface area contributed by atoms with Crippen molar-refractivity contribution < 1.29 is 8.83 Å². The second-order valence-corrected chi connectivity index (χ2v) is 7.74. The molecule has 0 unspecified atom stereocenters. The van der Waals surface area contributed by atoms with Crippen LogP contribution in [-0.4, -0.2) is 16.5 Å². The van der Waals surface area contributed by atoms with E-state index in [1.807, 2.05) is 36.4 Å². The third-order valence-corrected chi connectivity index (χ3v) is 5.64. The molecule has 0 amide bonds. The molecule has 5 nitrogen and oxygen atoms in total. The highest BCUT2D eigenvalue weighted by molar-refractivity contribution is 6.05. The van der Waals surface area contributed by atoms with Crippen molar-refractivity contribution >= 4 is 27.9 Å². The van der Waals surface area contributed by atoms with Crippen molar-refractivity contribution in [2.45, 2.75) is 32.1 Å². The van der Waals surface area contributed by atoms with Gasteiger partial charge >= 0.3 is 0 Å². The first-order chi connectivity index (χ1) is 15.3. The first-order valence-electron chi connectivity index (χ1n) is 10.8. The first kappa shape index (κ1) is 19.4. The summed E-state index contributed by atoms with van der Waals surface area (Å²) in [5.41, 5.74) is 3.73. The maximum atomic E-state index is 6.10. The van der Waals surface area contributed by atoms with Gasteiger partial charge in [0.25, 0.3) is 0 Å². The van der Waals surface area contributed by atoms with Crippen LogP contribution in [0.2, 0.25) is 0 Å². The number of aromatic nitrogens is 2. The van der Waals surface area contributed by atoms with Crippen molar-refractivity contribution in [1.29, 1.82) is 0 Å². The van der Waals surface area contributed by atoms with Gasteiger partial charge in [-0.1, -0.05) is 49.4 Å². The second kappa shape index (κ2) is 8.64. The SMILES string of the molecule is CCc1nc(NCC[C@@H](Cc2ccccc2)c2ccco2)c2oc3ccccc3c2n1. The minimum Gasteiger partial charge on any atom is -0.469 e. The summed E-state index contributed by atoms with van der Waals surface area (Å²) >= 11 is 0. The van der Waals surface area contributed by atoms with Crippen LogP contribution in [0.3, 0.4) is 0 Å². The quantitative estimate of drug-likeness (QED) is 0.322. The Balaban J connectivity index is 1.39. The largest absolute Gasteiger partial charge is 0.469 e. The van der Waals surface area contributed by atoms with Gasteiger partial charge in [-0.25, -0.2) is 9.97 Å². The lowest BCUT2D eigenvalue weighted by atomic mass is 9.94. The predicted molar refractivity (Wildman–Crippen MR) is 123 cm³/mol. The van der Waals surface area contributed by atoms with E-state index < -0.39 is 0 Å². The third-order valence-electron chi connectivity index (χ3n) is 5.64. The second-order valence-electron chi connectivity index (χ2n) is 7.74. The highest BCUT2D eigenvalue weighted by Gasteiger charge is 2.18. The number of hydrogen-bond acceptors (Lipinski definition) is 5. The van der Waals surface area contributed by atoms with E-state index >= 15 is 0 Å². The van der Waals surface area contributed by atoms with Gasteiger partial charge in [-0.15, -0.1) is 0 Å². The lowest BCUT2D eigenvalue weighted by molar-refractivity contribution is 0.448. The number of para-hydroxylation sites is 1. The number of benzene rings is 2. The van der Waals surface area contributed by atoms with Crippen LogP contribution in [0.4, 0.5) is 5.82 Å². The minimum absolute atomic E-state index is 0.281. The van der Waals surface area contributed by atoms with E-state index in [4.69, 9.17) is 18.8 Å². The van der Waals surface area contributed by atoms with E-state index in [1.54, 1.807) is 6.26 Å². The van der Waals surface area contributed by atoms with Gasteiger partial charge in [-0.3, -0.25) is 0 Å². The Kier molecular flexibility index (Phi) is 5.40. The number of nitrogens with one attached hydrogen (secondary N) is 1. The monoisotopic (exact) mass is 411 g/mol. The molecule has 0 aliphatic rings. The minimum atomic E-state index is 0.281. The van der Waals surface area contributed by atoms with Gasteiger partial charge in [-0.05, 0) is 42.7 Å². The van der Waals surface area contributed by atoms with Gasteiger partial charge in [0.1, 0.15) is 22.7 Å². The fraction of sp³-hybridized carbons (Fsp3) is 0.231. The van der Waals surface area contributed by atoms with Crippen molar-refractivity contribution in [2.24, 2.45) is 0 Å². The predicted octanol–water partition coefficient (Wildman–Crippen LogP) is 6.36. The molecular formula is C26H25N3O2. The molecule has 0 saturated heterocycles. The van der Waals surface area contributed by atoms with Crippen LogP contribution < -0.4 is 5.32 Å². The van der Waals surface area contributed by atoms with Crippen molar-refractivity contribution in [1.82, 2.24) is 9.97 Å². The van der Waals surface area contributed by atoms with Crippen LogP contribution in [0.25, 0.3) is 22.1 Å². The van der Waals surface area contributed by atoms with Gasteiger partial charge in [0.2, 0.25) is 0 Å². The van der Waals surface area contributed by atoms with Gasteiger partial charge in [0.15, 0.2) is 11.4 Å². The summed E-state index contributed by atoms with van der Waals surface area (Å²) in [6.07, 6.45) is 4.36. The molecule has 0 spiro atoms. The third kappa shape index (κ3) is 4.04. The molecule has 156 valence electrons. The number of anilines is 1. The highest BCUT2D eigenvalue weighted by atomic mass is 16.3. The van der Waals surface area contributed by atoms with E-state index in [-0.39, 0.29) is 5.92 Å². The van der Waals surface area contributed by atoms with Gasteiger partial charge in [0.05, 0.1) is 6.26 Å². The summed E-state index contributed by atoms with van der Waals surface area (Å²) < 4.78 is 11.8. The van der Waals surface area contributed by atoms with E-state index in [0.717, 1.165) is 65.3 Å². The molecule has 3 heterocycles. The number of furan rings is 2. The fourth-order valence-electron chi connectivity index (χ4n) is 4.05. The van der Waals surface area contributed by atoms with E-state index in [0.29, 0.717) is 0 Å². The molecule has 1 N–H and O–H groups in total. The van der Waals surface area contributed by atoms with Crippen molar-refractivity contribution in [3.05, 3.63) is 90.1 Å². The summed E-state index contributed by atoms with van der Waals surface area (Å²) in [4.78, 5) is 9.44. The Morgan fingerprint density at radius 3 is 2.58 bits per heavy atom. The lowest BCUT2D eigenvalue weighted by Crippen LogP contribution is -2.11. The topological polar surface area (TPSA) is 64.1 Å². The van der Waals surface area contributed by atoms with Crippen LogP contribution in [-0.2, 0) is 12.8 Å². The molecule has 5 heteroatoms. The van der Waals surface area contributed by atoms with E-state index in [9.17, 15) is 0 Å². The fourth-order valence-corrected chi connectivity index (χ4v) is 4.05. The van der Waals surface area contributed by atoms with Crippen LogP contribution in [0, 0.1) is 0 Å². The molecular weight excluding hydrogens is 386 g/mol. The molecule has 0 aliphatic carbocycles. The summed E-state index contributed by atoms with van der Waals surface area (Å²) in [5.74, 6) is 2.87. The molecule has 0 radical (unpaired) electrons. The summed E-state index contributed by atoms with van der Waals surface area (Å²) in [6.45, 7) is 2.82. The normalized spacial score (nSPS) is 12.4. The first-order valence-corrected chi connectivity index (χ1v) is 10.8. The molecule has 5 aromatic rings. The maximum absolute atomic E-state index is 6.10. The standard InChI is InChI=1S/C26H25N3O2/c1-2-23-28-24-20-11-6-7-12-22(20)31-25(24)26(29-23)27-15-14-19(21-13-8-16-30-21)17-18-9-4-3-5-10-18/h3-13,16,19H,2,14-15,17H2,1H3,(H,27,28,29)/t19-/m0/s1. The molecule has 0 aliphatic heterocycles. The summed E-state index contributed by atoms with van der Waals surface area (Å²) in [6, 6.07) is 22.6. The number of rotatable bonds is 8. The summed E-state index contributed by atoms with van der Waals surface area (Å²) in [5, 5.41) is 4.54. The van der Waals surface area contributed by atoms with Gasteiger partial charge < -0.3 is 14.2 Å². The molecule has 1 atom stereocenters. The van der Waals surface area contributed by atoms with Crippen molar-refractivity contribution in [3.8, 4) is 0 Å². The number of fused-ring (bicyclic) bond motifs is 3. The van der Waals surface area contributed by atoms with E-state index in [2.05, 4.69) is 42.6 Å². The Bertz CT molecular complexity index is 1280. The summed E-state index contributed by atoms with van der Waals surface area (Å²) in [7, 11) is 0. The molecule has 2 aromatic carbocycles. The van der Waals surface area contributed by atoms with E-state index in [1.165, 1.54) is 5.56 Å². The Morgan fingerprint density at radius 1 is 0.935 bits per heavy atom. The van der Waals surface area contributed by atoms with Crippen LogP contribution in [0.15, 0.2) is 81.8 Å². The number of nitrogens with zero attached hydrogens (tertiary/aromatic N) is 2. The molecule has 3 aromatic heterocycles. The number of hydrogen-bond donors (Lipinski definition) is 1. The van der Waals surface area contributed by atoms with Gasteiger partial charge in [0, 0.05) is 24.3 Å². The smallest absolute Gasteiger partial charge is 0.196 e. The Labute approximate surface area is 181 Å². The van der Waals surface area contributed by atoms with Crippen LogP contribution in [0.1, 0.15) is 36.4 Å². The zero-order valence-corrected chi connectivity index (χ0v) is 17.5. The van der Waals surface area contributed by atoms with Crippen molar-refractivity contribution in [2.75, 3.05) is 11.9 Å². The maximum Gasteiger partial charge on any atom is 0.196 e. The lowest BCUT2D eigenvalue weighted by Gasteiger charge is -2.16. The van der Waals surface area contributed by atoms with Crippen LogP contribution in [0.5, 0.6) is 0 Å². The molecule has 0 bridgehead atoms. The zero-order valence-electron chi connectivity index (χ0n) is 17.5. The van der Waals surface area contributed by atoms with Gasteiger partial charge in [-0.2, -0.15) is 0 Å². The zero-order chi connectivity index (χ0) is 21.0. The average molecular weight is 412 g/mol.